The van der Waals surface area contributed by atoms with Gasteiger partial charge in [-0.25, -0.2) is 18.5 Å². The summed E-state index contributed by atoms with van der Waals surface area (Å²) in [4.78, 5) is 60.4. The van der Waals surface area contributed by atoms with Gasteiger partial charge in [0.25, 0.3) is 5.56 Å². The van der Waals surface area contributed by atoms with Gasteiger partial charge in [0.15, 0.2) is 6.23 Å². The zero-order valence-corrected chi connectivity index (χ0v) is 18.6. The van der Waals surface area contributed by atoms with Crippen molar-refractivity contribution < 1.29 is 56.3 Å². The van der Waals surface area contributed by atoms with E-state index in [1.165, 1.54) is 0 Å². The molecule has 0 saturated carbocycles. The van der Waals surface area contributed by atoms with E-state index in [-0.39, 0.29) is 0 Å². The molecule has 0 aromatic carbocycles. The van der Waals surface area contributed by atoms with E-state index in [0.717, 1.165) is 16.8 Å². The first-order chi connectivity index (χ1) is 13.1. The van der Waals surface area contributed by atoms with E-state index in [0.29, 0.717) is 0 Å². The van der Waals surface area contributed by atoms with Crippen LogP contribution in [0.3, 0.4) is 0 Å². The first kappa shape index (κ1) is 25.0. The van der Waals surface area contributed by atoms with Crippen LogP contribution in [0.2, 0.25) is 0 Å². The maximum absolute atomic E-state index is 11.8. The van der Waals surface area contributed by atoms with Gasteiger partial charge < -0.3 is 29.4 Å². The monoisotopic (exact) mass is 594 g/mol. The van der Waals surface area contributed by atoms with Crippen molar-refractivity contribution in [3.63, 3.8) is 0 Å². The molecule has 0 bridgehead atoms. The highest BCUT2D eigenvalue weighted by molar-refractivity contribution is 14.1. The molecule has 16 nitrogen and oxygen atoms in total. The molecule has 1 aliphatic rings. The van der Waals surface area contributed by atoms with Gasteiger partial charge in [-0.15, -0.1) is 0 Å². The first-order valence-electron chi connectivity index (χ1n) is 7.18. The van der Waals surface area contributed by atoms with Gasteiger partial charge in [-0.1, -0.05) is 22.6 Å². The van der Waals surface area contributed by atoms with Crippen molar-refractivity contribution in [2.24, 2.45) is 0 Å². The van der Waals surface area contributed by atoms with Crippen LogP contribution in [0.15, 0.2) is 21.9 Å². The van der Waals surface area contributed by atoms with Crippen LogP contribution in [0.25, 0.3) is 0 Å². The molecule has 6 atom stereocenters. The van der Waals surface area contributed by atoms with E-state index in [1.807, 2.05) is 4.98 Å². The Morgan fingerprint density at radius 3 is 2.31 bits per heavy atom. The third-order valence-electron chi connectivity index (χ3n) is 3.24. The molecule has 1 fully saturated rings. The Balaban J connectivity index is 2.06. The van der Waals surface area contributed by atoms with Gasteiger partial charge in [0.2, 0.25) is 0 Å². The van der Waals surface area contributed by atoms with Crippen molar-refractivity contribution in [3.05, 3.63) is 33.1 Å². The third-order valence-corrected chi connectivity index (χ3v) is 8.39. The number of hydrogen-bond acceptors (Lipinski definition) is 10. The molecule has 0 spiro atoms. The number of alkyl halides is 1. The molecule has 0 aliphatic carbocycles. The number of aromatic nitrogens is 2. The molecule has 2 rings (SSSR count). The number of halogens is 1. The molecule has 20 heteroatoms. The Morgan fingerprint density at radius 2 is 1.76 bits per heavy atom. The summed E-state index contributed by atoms with van der Waals surface area (Å²) in [6, 6.07) is 1.03. The fourth-order valence-electron chi connectivity index (χ4n) is 2.16. The number of nitrogens with one attached hydrogen (secondary N) is 1. The average molecular weight is 594 g/mol. The van der Waals surface area contributed by atoms with E-state index in [4.69, 9.17) is 19.4 Å². The largest absolute Gasteiger partial charge is 0.490 e. The number of ether oxygens (including phenoxy) is 1. The smallest absolute Gasteiger partial charge is 0.389 e. The van der Waals surface area contributed by atoms with Gasteiger partial charge >= 0.3 is 29.2 Å². The van der Waals surface area contributed by atoms with Crippen LogP contribution in [0.5, 0.6) is 0 Å². The SMILES string of the molecule is O=c1ccn([C@@H]2O[C@H](COP(=O)(O)OP(=O)(O)OP(=O)(O)O)[C@H](O)C2I)c(=O)[nH]1. The standard InChI is InChI=1S/C9H14IN2O14P3/c10-6-7(14)4(24-8(6)12-2-1-5(13)11-9(12)15)3-23-28(19,20)26-29(21,22)25-27(16,17)18/h1-2,4,6-8,14H,3H2,(H,19,20)(H,21,22)(H,11,13,15)(H2,16,17,18)/t4-,6?,7+,8-/m1/s1. The molecular formula is C9H14IN2O14P3. The molecule has 6 N–H and O–H groups in total. The second-order valence-corrected chi connectivity index (χ2v) is 11.3. The van der Waals surface area contributed by atoms with Crippen molar-refractivity contribution in [3.8, 4) is 0 Å². The fourth-order valence-corrected chi connectivity index (χ4v) is 6.17. The molecule has 0 radical (unpaired) electrons. The molecule has 1 aromatic heterocycles. The maximum atomic E-state index is 11.8. The van der Waals surface area contributed by atoms with E-state index in [9.17, 15) is 33.3 Å². The summed E-state index contributed by atoms with van der Waals surface area (Å²) >= 11 is 1.73. The molecule has 1 saturated heterocycles. The van der Waals surface area contributed by atoms with E-state index >= 15 is 0 Å². The average Bonchev–Trinajstić information content (AvgIpc) is 2.78. The minimum Gasteiger partial charge on any atom is -0.389 e. The van der Waals surface area contributed by atoms with Crippen LogP contribution < -0.4 is 11.2 Å². The summed E-state index contributed by atoms with van der Waals surface area (Å²) in [5.74, 6) is 0. The lowest BCUT2D eigenvalue weighted by Crippen LogP contribution is -2.35. The molecule has 3 unspecified atom stereocenters. The van der Waals surface area contributed by atoms with Gasteiger partial charge in [-0.3, -0.25) is 18.9 Å². The predicted molar refractivity (Wildman–Crippen MR) is 98.9 cm³/mol. The van der Waals surface area contributed by atoms with Crippen molar-refractivity contribution in [1.29, 1.82) is 0 Å². The van der Waals surface area contributed by atoms with Gasteiger partial charge in [0.05, 0.1) is 16.6 Å². The lowest BCUT2D eigenvalue weighted by atomic mass is 10.2. The number of hydrogen-bond donors (Lipinski definition) is 6. The van der Waals surface area contributed by atoms with Crippen molar-refractivity contribution in [1.82, 2.24) is 9.55 Å². The molecule has 0 amide bonds. The molecule has 1 aromatic rings. The quantitative estimate of drug-likeness (QED) is 0.119. The fraction of sp³-hybridized carbons (Fsp3) is 0.556. The molecular weight excluding hydrogens is 580 g/mol. The zero-order valence-electron chi connectivity index (χ0n) is 13.7. The van der Waals surface area contributed by atoms with Crippen molar-refractivity contribution in [2.45, 2.75) is 22.4 Å². The van der Waals surface area contributed by atoms with E-state index in [2.05, 4.69) is 13.1 Å². The highest BCUT2D eigenvalue weighted by Gasteiger charge is 2.46. The number of aliphatic hydroxyl groups excluding tert-OH is 1. The van der Waals surface area contributed by atoms with Crippen LogP contribution in [-0.2, 0) is 31.6 Å². The van der Waals surface area contributed by atoms with Crippen molar-refractivity contribution >= 4 is 46.1 Å². The van der Waals surface area contributed by atoms with Gasteiger partial charge in [-0.2, -0.15) is 8.62 Å². The van der Waals surface area contributed by atoms with Crippen LogP contribution in [0.1, 0.15) is 6.23 Å². The highest BCUT2D eigenvalue weighted by Crippen LogP contribution is 2.66. The summed E-state index contributed by atoms with van der Waals surface area (Å²) in [6.45, 7) is -0.890. The second kappa shape index (κ2) is 9.08. The highest BCUT2D eigenvalue weighted by atomic mass is 127. The Morgan fingerprint density at radius 1 is 1.14 bits per heavy atom. The van der Waals surface area contributed by atoms with E-state index in [1.54, 1.807) is 22.6 Å². The number of rotatable bonds is 8. The molecule has 1 aliphatic heterocycles. The van der Waals surface area contributed by atoms with Gasteiger partial charge in [0.1, 0.15) is 6.10 Å². The molecule has 166 valence electrons. The Hall–Kier alpha value is -0.260. The number of aliphatic hydroxyl groups is 1. The summed E-state index contributed by atoms with van der Waals surface area (Å²) in [7, 11) is -16.6. The molecule has 29 heavy (non-hydrogen) atoms. The van der Waals surface area contributed by atoms with Gasteiger partial charge in [-0.05, 0) is 0 Å². The zero-order chi connectivity index (χ0) is 22.2. The van der Waals surface area contributed by atoms with Crippen LogP contribution in [-0.4, -0.2) is 57.0 Å². The topological polar surface area (TPSA) is 244 Å². The Bertz CT molecular complexity index is 1000. The van der Waals surface area contributed by atoms with Crippen LogP contribution in [0.4, 0.5) is 0 Å². The summed E-state index contributed by atoms with van der Waals surface area (Å²) in [5, 5.41) is 10.2. The Kier molecular flexibility index (Phi) is 7.83. The number of aromatic amines is 1. The lowest BCUT2D eigenvalue weighted by Gasteiger charge is -2.19. The molecule has 2 heterocycles. The number of phosphoric acid groups is 3. The predicted octanol–water partition coefficient (Wildman–Crippen LogP) is -1.06. The number of phosphoric ester groups is 1. The maximum Gasteiger partial charge on any atom is 0.490 e. The van der Waals surface area contributed by atoms with Crippen LogP contribution in [0, 0.1) is 0 Å². The normalized spacial score (nSPS) is 29.3. The lowest BCUT2D eigenvalue weighted by molar-refractivity contribution is -0.0446. The van der Waals surface area contributed by atoms with Gasteiger partial charge in [0, 0.05) is 12.3 Å². The minimum absolute atomic E-state index is 0.668. The second-order valence-electron chi connectivity index (χ2n) is 5.40. The summed E-state index contributed by atoms with van der Waals surface area (Å²) in [6.07, 6.45) is -2.68. The number of nitrogens with zero attached hydrogens (tertiary/aromatic N) is 1. The van der Waals surface area contributed by atoms with Crippen molar-refractivity contribution in [2.75, 3.05) is 6.61 Å². The van der Waals surface area contributed by atoms with Crippen LogP contribution >= 0.6 is 46.1 Å². The summed E-state index contributed by atoms with van der Waals surface area (Å²) in [5.41, 5.74) is -1.51. The third kappa shape index (κ3) is 7.14. The summed E-state index contributed by atoms with van der Waals surface area (Å²) < 4.78 is 50.6. The Labute approximate surface area is 174 Å². The first-order valence-corrected chi connectivity index (χ1v) is 12.9. The number of H-pyrrole nitrogens is 1. The van der Waals surface area contributed by atoms with E-state index < -0.39 is 63.7 Å². The minimum atomic E-state index is -5.68.